The molecule has 0 aliphatic carbocycles. The van der Waals surface area contributed by atoms with E-state index in [0.717, 1.165) is 32.8 Å². The number of nitrogens with one attached hydrogen (secondary N) is 4. The van der Waals surface area contributed by atoms with Crippen LogP contribution < -0.4 is 21.0 Å². The molecule has 0 saturated carbocycles. The van der Waals surface area contributed by atoms with Crippen LogP contribution in [0.2, 0.25) is 0 Å². The van der Waals surface area contributed by atoms with Gasteiger partial charge in [-0.3, -0.25) is 14.6 Å². The summed E-state index contributed by atoms with van der Waals surface area (Å²) in [6.07, 6.45) is 1.03. The molecule has 2 aromatic rings. The summed E-state index contributed by atoms with van der Waals surface area (Å²) < 4.78 is 32.6. The molecule has 0 bridgehead atoms. The standard InChI is InChI=1S/C21H33N7O4S/c1-4-21(3,5-2)33(30,31)27-17-8-6-16(7-9-17)23-19-24-18(25-20(29)26-19)22-10-11-28-12-14-32-15-13-28/h6-9,27H,4-5,10-15H2,1-3H3,(H3,22,23,24,25,26,29). The second-order valence-corrected chi connectivity index (χ2v) is 10.4. The number of sulfonamides is 1. The predicted octanol–water partition coefficient (Wildman–Crippen LogP) is 1.97. The molecule has 1 aromatic heterocycles. The number of hydrogen-bond donors (Lipinski definition) is 4. The monoisotopic (exact) mass is 479 g/mol. The van der Waals surface area contributed by atoms with Gasteiger partial charge in [0.1, 0.15) is 0 Å². The van der Waals surface area contributed by atoms with Gasteiger partial charge in [0.25, 0.3) is 0 Å². The van der Waals surface area contributed by atoms with Gasteiger partial charge in [-0.05, 0) is 44.0 Å². The van der Waals surface area contributed by atoms with Crippen LogP contribution in [0.1, 0.15) is 33.6 Å². The molecule has 0 radical (unpaired) electrons. The summed E-state index contributed by atoms with van der Waals surface area (Å²) >= 11 is 0. The molecule has 1 aliphatic heterocycles. The summed E-state index contributed by atoms with van der Waals surface area (Å²) in [5.41, 5.74) is 0.583. The van der Waals surface area contributed by atoms with E-state index in [4.69, 9.17) is 4.74 Å². The van der Waals surface area contributed by atoms with Crippen molar-refractivity contribution in [2.75, 3.05) is 54.7 Å². The molecule has 1 aromatic carbocycles. The highest BCUT2D eigenvalue weighted by Gasteiger charge is 2.35. The largest absolute Gasteiger partial charge is 0.379 e. The summed E-state index contributed by atoms with van der Waals surface area (Å²) in [7, 11) is -3.53. The van der Waals surface area contributed by atoms with Crippen molar-refractivity contribution < 1.29 is 13.2 Å². The molecule has 33 heavy (non-hydrogen) atoms. The van der Waals surface area contributed by atoms with E-state index < -0.39 is 20.5 Å². The van der Waals surface area contributed by atoms with Crippen LogP contribution in [-0.2, 0) is 14.8 Å². The Kier molecular flexibility index (Phi) is 8.27. The first-order valence-electron chi connectivity index (χ1n) is 11.2. The Morgan fingerprint density at radius 2 is 1.73 bits per heavy atom. The van der Waals surface area contributed by atoms with Crippen LogP contribution in [0.25, 0.3) is 0 Å². The number of H-pyrrole nitrogens is 1. The molecule has 0 spiro atoms. The summed E-state index contributed by atoms with van der Waals surface area (Å²) in [5.74, 6) is 0.471. The molecule has 12 heteroatoms. The first-order chi connectivity index (χ1) is 15.7. The zero-order valence-corrected chi connectivity index (χ0v) is 20.2. The number of rotatable bonds is 11. The van der Waals surface area contributed by atoms with Gasteiger partial charge in [-0.2, -0.15) is 9.97 Å². The Morgan fingerprint density at radius 1 is 1.09 bits per heavy atom. The smallest absolute Gasteiger partial charge is 0.351 e. The van der Waals surface area contributed by atoms with E-state index in [0.29, 0.717) is 30.8 Å². The number of aromatic amines is 1. The highest BCUT2D eigenvalue weighted by Crippen LogP contribution is 2.27. The predicted molar refractivity (Wildman–Crippen MR) is 130 cm³/mol. The topological polar surface area (TPSA) is 141 Å². The van der Waals surface area contributed by atoms with Crippen LogP contribution in [0.15, 0.2) is 29.1 Å². The Morgan fingerprint density at radius 3 is 2.36 bits per heavy atom. The second-order valence-electron chi connectivity index (χ2n) is 8.17. The summed E-state index contributed by atoms with van der Waals surface area (Å²) in [6.45, 7) is 10.1. The summed E-state index contributed by atoms with van der Waals surface area (Å²) in [6, 6.07) is 6.73. The van der Waals surface area contributed by atoms with E-state index in [1.54, 1.807) is 31.2 Å². The third-order valence-electron chi connectivity index (χ3n) is 6.01. The Labute approximate surface area is 194 Å². The average Bonchev–Trinajstić information content (AvgIpc) is 2.80. The number of ether oxygens (including phenoxy) is 1. The van der Waals surface area contributed by atoms with Crippen LogP contribution in [0.5, 0.6) is 0 Å². The van der Waals surface area contributed by atoms with Crippen molar-refractivity contribution in [2.45, 2.75) is 38.4 Å². The van der Waals surface area contributed by atoms with Gasteiger partial charge in [-0.1, -0.05) is 13.8 Å². The molecular formula is C21H33N7O4S. The minimum atomic E-state index is -3.53. The fourth-order valence-electron chi connectivity index (χ4n) is 3.34. The number of morpholine rings is 1. The quantitative estimate of drug-likeness (QED) is 0.380. The molecule has 1 fully saturated rings. The maximum atomic E-state index is 12.7. The first-order valence-corrected chi connectivity index (χ1v) is 12.6. The van der Waals surface area contributed by atoms with Crippen molar-refractivity contribution in [3.8, 4) is 0 Å². The van der Waals surface area contributed by atoms with E-state index in [1.807, 2.05) is 13.8 Å². The number of anilines is 4. The van der Waals surface area contributed by atoms with Crippen molar-refractivity contribution in [1.29, 1.82) is 0 Å². The van der Waals surface area contributed by atoms with Crippen LogP contribution >= 0.6 is 0 Å². The van der Waals surface area contributed by atoms with Crippen LogP contribution in [-0.4, -0.2) is 72.4 Å². The van der Waals surface area contributed by atoms with Crippen molar-refractivity contribution >= 4 is 33.3 Å². The van der Waals surface area contributed by atoms with Gasteiger partial charge in [0.2, 0.25) is 21.9 Å². The summed E-state index contributed by atoms with van der Waals surface area (Å²) in [4.78, 5) is 24.9. The zero-order chi connectivity index (χ0) is 23.9. The molecule has 1 saturated heterocycles. The zero-order valence-electron chi connectivity index (χ0n) is 19.3. The lowest BCUT2D eigenvalue weighted by molar-refractivity contribution is 0.0398. The van der Waals surface area contributed by atoms with Gasteiger partial charge < -0.3 is 15.4 Å². The normalized spacial score (nSPS) is 15.2. The third-order valence-corrected chi connectivity index (χ3v) is 8.39. The van der Waals surface area contributed by atoms with Gasteiger partial charge in [-0.15, -0.1) is 0 Å². The van der Waals surface area contributed by atoms with E-state index in [9.17, 15) is 13.2 Å². The fourth-order valence-corrected chi connectivity index (χ4v) is 4.79. The molecule has 11 nitrogen and oxygen atoms in total. The molecule has 2 heterocycles. The van der Waals surface area contributed by atoms with E-state index in [-0.39, 0.29) is 11.9 Å². The lowest BCUT2D eigenvalue weighted by atomic mass is 10.1. The first kappa shape index (κ1) is 24.9. The number of hydrogen-bond acceptors (Lipinski definition) is 9. The maximum Gasteiger partial charge on any atom is 0.351 e. The molecule has 3 rings (SSSR count). The molecule has 0 atom stereocenters. The van der Waals surface area contributed by atoms with Crippen LogP contribution in [0.4, 0.5) is 23.3 Å². The SMILES string of the molecule is CCC(C)(CC)S(=O)(=O)Nc1ccc(Nc2nc(NCCN3CCOCC3)nc(=O)[nH]2)cc1. The fraction of sp³-hybridized carbons (Fsp3) is 0.571. The van der Waals surface area contributed by atoms with Crippen molar-refractivity contribution in [2.24, 2.45) is 0 Å². The molecular weight excluding hydrogens is 446 g/mol. The average molecular weight is 480 g/mol. The summed E-state index contributed by atoms with van der Waals surface area (Å²) in [5, 5.41) is 6.09. The Balaban J connectivity index is 1.60. The van der Waals surface area contributed by atoms with Crippen molar-refractivity contribution in [1.82, 2.24) is 19.9 Å². The van der Waals surface area contributed by atoms with Gasteiger partial charge in [0, 0.05) is 37.6 Å². The highest BCUT2D eigenvalue weighted by atomic mass is 32.2. The van der Waals surface area contributed by atoms with Gasteiger partial charge in [0.15, 0.2) is 0 Å². The van der Waals surface area contributed by atoms with Gasteiger partial charge in [-0.25, -0.2) is 13.2 Å². The van der Waals surface area contributed by atoms with Crippen LogP contribution in [0, 0.1) is 0 Å². The van der Waals surface area contributed by atoms with E-state index >= 15 is 0 Å². The maximum absolute atomic E-state index is 12.7. The highest BCUT2D eigenvalue weighted by molar-refractivity contribution is 7.94. The Bertz CT molecular complexity index is 1060. The molecule has 182 valence electrons. The lowest BCUT2D eigenvalue weighted by Crippen LogP contribution is -2.39. The second kappa shape index (κ2) is 10.9. The van der Waals surface area contributed by atoms with E-state index in [1.165, 1.54) is 0 Å². The molecule has 1 aliphatic rings. The molecule has 0 amide bonds. The van der Waals surface area contributed by atoms with Crippen LogP contribution in [0.3, 0.4) is 0 Å². The number of nitrogens with zero attached hydrogens (tertiary/aromatic N) is 3. The van der Waals surface area contributed by atoms with Gasteiger partial charge >= 0.3 is 5.69 Å². The third kappa shape index (κ3) is 6.65. The number of benzene rings is 1. The van der Waals surface area contributed by atoms with Gasteiger partial charge in [0.05, 0.1) is 18.0 Å². The number of aromatic nitrogens is 3. The minimum Gasteiger partial charge on any atom is -0.379 e. The molecule has 4 N–H and O–H groups in total. The Hall–Kier alpha value is -2.70. The van der Waals surface area contributed by atoms with Crippen molar-refractivity contribution in [3.05, 3.63) is 34.7 Å². The lowest BCUT2D eigenvalue weighted by Gasteiger charge is -2.27. The van der Waals surface area contributed by atoms with E-state index in [2.05, 4.69) is 35.2 Å². The molecule has 0 unspecified atom stereocenters. The van der Waals surface area contributed by atoms with Crippen molar-refractivity contribution in [3.63, 3.8) is 0 Å². The minimum absolute atomic E-state index is 0.234.